The van der Waals surface area contributed by atoms with Gasteiger partial charge in [0.15, 0.2) is 0 Å². The third kappa shape index (κ3) is 3.96. The third-order valence-corrected chi connectivity index (χ3v) is 4.60. The van der Waals surface area contributed by atoms with E-state index < -0.39 is 0 Å². The average Bonchev–Trinajstić information content (AvgIpc) is 2.95. The first-order valence-corrected chi connectivity index (χ1v) is 8.53. The van der Waals surface area contributed by atoms with Gasteiger partial charge in [-0.1, -0.05) is 11.6 Å². The number of carbonyl (C=O) groups is 2. The lowest BCUT2D eigenvalue weighted by atomic mass is 10.1. The summed E-state index contributed by atoms with van der Waals surface area (Å²) in [6, 6.07) is 5.18. The normalized spacial score (nSPS) is 19.3. The highest BCUT2D eigenvalue weighted by Gasteiger charge is 2.25. The molecule has 124 valence electrons. The van der Waals surface area contributed by atoms with Crippen molar-refractivity contribution in [2.24, 2.45) is 0 Å². The molecule has 2 aliphatic rings. The molecule has 0 unspecified atom stereocenters. The third-order valence-electron chi connectivity index (χ3n) is 4.37. The molecule has 1 aromatic rings. The van der Waals surface area contributed by atoms with Gasteiger partial charge in [-0.2, -0.15) is 0 Å². The van der Waals surface area contributed by atoms with Gasteiger partial charge in [0.25, 0.3) is 5.91 Å². The van der Waals surface area contributed by atoms with Gasteiger partial charge in [0.05, 0.1) is 11.7 Å². The van der Waals surface area contributed by atoms with Crippen LogP contribution in [0.5, 0.6) is 5.75 Å². The van der Waals surface area contributed by atoms with E-state index in [9.17, 15) is 9.59 Å². The minimum absolute atomic E-state index is 0.0196. The van der Waals surface area contributed by atoms with Gasteiger partial charge in [-0.15, -0.1) is 0 Å². The highest BCUT2D eigenvalue weighted by atomic mass is 35.5. The first-order chi connectivity index (χ1) is 11.1. The predicted octanol–water partition coefficient (Wildman–Crippen LogP) is 2.62. The first kappa shape index (κ1) is 16.1. The molecule has 0 aromatic heterocycles. The molecule has 0 atom stereocenters. The van der Waals surface area contributed by atoms with Crippen LogP contribution in [-0.4, -0.2) is 42.5 Å². The lowest BCUT2D eigenvalue weighted by molar-refractivity contribution is -0.120. The zero-order valence-electron chi connectivity index (χ0n) is 13.0. The van der Waals surface area contributed by atoms with E-state index in [1.165, 1.54) is 12.8 Å². The van der Waals surface area contributed by atoms with Gasteiger partial charge in [-0.25, -0.2) is 0 Å². The van der Waals surface area contributed by atoms with Crippen molar-refractivity contribution in [2.45, 2.75) is 38.2 Å². The summed E-state index contributed by atoms with van der Waals surface area (Å²) < 4.78 is 6.04. The number of nitrogens with zero attached hydrogens (tertiary/aromatic N) is 1. The average molecular weight is 337 g/mol. The molecular formula is C17H21ClN2O3. The van der Waals surface area contributed by atoms with Crippen LogP contribution >= 0.6 is 11.6 Å². The maximum absolute atomic E-state index is 12.9. The Hall–Kier alpha value is -1.75. The highest BCUT2D eigenvalue weighted by molar-refractivity contribution is 6.31. The van der Waals surface area contributed by atoms with Crippen molar-refractivity contribution < 1.29 is 14.3 Å². The molecule has 1 saturated heterocycles. The van der Waals surface area contributed by atoms with Crippen molar-refractivity contribution in [3.05, 3.63) is 28.8 Å². The van der Waals surface area contributed by atoms with Crippen LogP contribution in [-0.2, 0) is 4.79 Å². The Morgan fingerprint density at radius 1 is 1.26 bits per heavy atom. The molecule has 5 nitrogen and oxygen atoms in total. The minimum Gasteiger partial charge on any atom is -0.490 e. The van der Waals surface area contributed by atoms with Crippen LogP contribution in [0, 0.1) is 0 Å². The highest BCUT2D eigenvalue weighted by Crippen LogP contribution is 2.29. The Morgan fingerprint density at radius 3 is 2.83 bits per heavy atom. The number of hydrogen-bond acceptors (Lipinski definition) is 3. The van der Waals surface area contributed by atoms with Gasteiger partial charge >= 0.3 is 0 Å². The SMILES string of the molecule is O=C1CCN(C(=O)c2cc(Cl)ccc2OC2CCCC2)CCN1. The number of amides is 2. The topological polar surface area (TPSA) is 58.6 Å². The fourth-order valence-corrected chi connectivity index (χ4v) is 3.27. The second-order valence-electron chi connectivity index (χ2n) is 6.06. The van der Waals surface area contributed by atoms with Crippen molar-refractivity contribution in [1.29, 1.82) is 0 Å². The van der Waals surface area contributed by atoms with Crippen LogP contribution in [0.1, 0.15) is 42.5 Å². The number of benzene rings is 1. The molecular weight excluding hydrogens is 316 g/mol. The summed E-state index contributed by atoms with van der Waals surface area (Å²) in [5, 5.41) is 3.29. The van der Waals surface area contributed by atoms with E-state index in [1.54, 1.807) is 23.1 Å². The molecule has 0 bridgehead atoms. The van der Waals surface area contributed by atoms with E-state index >= 15 is 0 Å². The summed E-state index contributed by atoms with van der Waals surface area (Å²) >= 11 is 6.08. The number of carbonyl (C=O) groups excluding carboxylic acids is 2. The number of ether oxygens (including phenoxy) is 1. The van der Waals surface area contributed by atoms with Crippen molar-refractivity contribution in [1.82, 2.24) is 10.2 Å². The van der Waals surface area contributed by atoms with E-state index in [-0.39, 0.29) is 17.9 Å². The van der Waals surface area contributed by atoms with Gasteiger partial charge in [0, 0.05) is 31.1 Å². The van der Waals surface area contributed by atoms with E-state index in [1.807, 2.05) is 0 Å². The Bertz CT molecular complexity index is 600. The Balaban J connectivity index is 1.80. The van der Waals surface area contributed by atoms with E-state index in [0.29, 0.717) is 42.4 Å². The fraction of sp³-hybridized carbons (Fsp3) is 0.529. The van der Waals surface area contributed by atoms with Crippen LogP contribution in [0.3, 0.4) is 0 Å². The van der Waals surface area contributed by atoms with E-state index in [4.69, 9.17) is 16.3 Å². The van der Waals surface area contributed by atoms with Crippen LogP contribution < -0.4 is 10.1 Å². The van der Waals surface area contributed by atoms with E-state index in [2.05, 4.69) is 5.32 Å². The van der Waals surface area contributed by atoms with Crippen LogP contribution in [0.2, 0.25) is 5.02 Å². The fourth-order valence-electron chi connectivity index (χ4n) is 3.10. The smallest absolute Gasteiger partial charge is 0.257 e. The van der Waals surface area contributed by atoms with Gasteiger partial charge in [-0.3, -0.25) is 9.59 Å². The Morgan fingerprint density at radius 2 is 2.04 bits per heavy atom. The summed E-state index contributed by atoms with van der Waals surface area (Å²) in [4.78, 5) is 26.0. The quantitative estimate of drug-likeness (QED) is 0.923. The number of halogens is 1. The number of nitrogens with one attached hydrogen (secondary N) is 1. The Labute approximate surface area is 140 Å². The largest absolute Gasteiger partial charge is 0.490 e. The summed E-state index contributed by atoms with van der Waals surface area (Å²) in [6.45, 7) is 1.39. The van der Waals surface area contributed by atoms with E-state index in [0.717, 1.165) is 12.8 Å². The lowest BCUT2D eigenvalue weighted by Crippen LogP contribution is -2.34. The minimum atomic E-state index is -0.128. The molecule has 1 aliphatic carbocycles. The molecule has 1 aromatic carbocycles. The second kappa shape index (κ2) is 7.21. The number of hydrogen-bond donors (Lipinski definition) is 1. The number of rotatable bonds is 3. The summed E-state index contributed by atoms with van der Waals surface area (Å²) in [6.07, 6.45) is 4.89. The molecule has 1 heterocycles. The summed E-state index contributed by atoms with van der Waals surface area (Å²) in [5.41, 5.74) is 0.485. The van der Waals surface area contributed by atoms with Gasteiger partial charge in [0.1, 0.15) is 5.75 Å². The predicted molar refractivity (Wildman–Crippen MR) is 87.9 cm³/mol. The second-order valence-corrected chi connectivity index (χ2v) is 6.49. The first-order valence-electron chi connectivity index (χ1n) is 8.15. The van der Waals surface area contributed by atoms with Gasteiger partial charge in [-0.05, 0) is 43.9 Å². The maximum atomic E-state index is 12.9. The standard InChI is InChI=1S/C17H21ClN2O3/c18-12-5-6-15(23-13-3-1-2-4-13)14(11-12)17(22)20-9-7-16(21)19-8-10-20/h5-6,11,13H,1-4,7-10H2,(H,19,21). The van der Waals surface area contributed by atoms with Crippen LogP contribution in [0.15, 0.2) is 18.2 Å². The monoisotopic (exact) mass is 336 g/mol. The zero-order valence-corrected chi connectivity index (χ0v) is 13.8. The summed E-state index contributed by atoms with van der Waals surface area (Å²) in [5.74, 6) is 0.445. The van der Waals surface area contributed by atoms with Gasteiger partial charge in [0.2, 0.25) is 5.91 Å². The van der Waals surface area contributed by atoms with Crippen molar-refractivity contribution in [3.8, 4) is 5.75 Å². The Kier molecular flexibility index (Phi) is 5.06. The van der Waals surface area contributed by atoms with Crippen molar-refractivity contribution in [3.63, 3.8) is 0 Å². The van der Waals surface area contributed by atoms with Crippen LogP contribution in [0.25, 0.3) is 0 Å². The van der Waals surface area contributed by atoms with Crippen molar-refractivity contribution >= 4 is 23.4 Å². The lowest BCUT2D eigenvalue weighted by Gasteiger charge is -2.22. The molecule has 0 radical (unpaired) electrons. The molecule has 2 amide bonds. The molecule has 3 rings (SSSR count). The molecule has 0 spiro atoms. The molecule has 1 N–H and O–H groups in total. The van der Waals surface area contributed by atoms with Gasteiger partial charge < -0.3 is 15.0 Å². The molecule has 1 aliphatic heterocycles. The molecule has 23 heavy (non-hydrogen) atoms. The summed E-state index contributed by atoms with van der Waals surface area (Å²) in [7, 11) is 0. The zero-order chi connectivity index (χ0) is 16.2. The van der Waals surface area contributed by atoms with Crippen LogP contribution in [0.4, 0.5) is 0 Å². The molecule has 1 saturated carbocycles. The molecule has 6 heteroatoms. The maximum Gasteiger partial charge on any atom is 0.257 e. The van der Waals surface area contributed by atoms with Crippen molar-refractivity contribution in [2.75, 3.05) is 19.6 Å². The molecule has 2 fully saturated rings.